The number of carbonyl (C=O) groups excluding carboxylic acids is 3. The molecule has 1 heterocycles. The second-order valence-electron chi connectivity index (χ2n) is 7.68. The maximum absolute atomic E-state index is 13.0. The normalized spacial score (nSPS) is 15.6. The fourth-order valence-corrected chi connectivity index (χ4v) is 4.91. The maximum Gasteiger partial charge on any atom is 0.243 e. The Balaban J connectivity index is 1.74. The molecule has 1 atom stereocenters. The Labute approximate surface area is 181 Å². The topological polar surface area (TPSA) is 104 Å². The highest BCUT2D eigenvalue weighted by atomic mass is 32.2. The zero-order chi connectivity index (χ0) is 22.9. The van der Waals surface area contributed by atoms with Crippen molar-refractivity contribution in [3.8, 4) is 0 Å². The highest BCUT2D eigenvalue weighted by Crippen LogP contribution is 2.34. The van der Waals surface area contributed by atoms with E-state index in [0.29, 0.717) is 23.4 Å². The van der Waals surface area contributed by atoms with E-state index in [-0.39, 0.29) is 29.2 Å². The highest BCUT2D eigenvalue weighted by molar-refractivity contribution is 7.89. The minimum absolute atomic E-state index is 0.0419. The van der Waals surface area contributed by atoms with Gasteiger partial charge in [0, 0.05) is 37.0 Å². The molecular weight excluding hydrogens is 418 g/mol. The molecule has 1 N–H and O–H groups in total. The summed E-state index contributed by atoms with van der Waals surface area (Å²) in [5.41, 5.74) is 2.36. The summed E-state index contributed by atoms with van der Waals surface area (Å²) in [5.74, 6) is -0.751. The van der Waals surface area contributed by atoms with Gasteiger partial charge in [-0.15, -0.1) is 0 Å². The lowest BCUT2D eigenvalue weighted by molar-refractivity contribution is -0.117. The summed E-state index contributed by atoms with van der Waals surface area (Å²) < 4.78 is 26.9. The number of nitrogens with one attached hydrogen (secondary N) is 1. The number of hydrogen-bond acceptors (Lipinski definition) is 5. The number of amides is 2. The summed E-state index contributed by atoms with van der Waals surface area (Å²) in [6.45, 7) is 4.43. The zero-order valence-electron chi connectivity index (χ0n) is 17.9. The van der Waals surface area contributed by atoms with Crippen LogP contribution in [0.4, 0.5) is 11.4 Å². The van der Waals surface area contributed by atoms with Crippen LogP contribution < -0.4 is 10.2 Å². The zero-order valence-corrected chi connectivity index (χ0v) is 18.7. The van der Waals surface area contributed by atoms with Crippen molar-refractivity contribution in [3.05, 3.63) is 53.6 Å². The molecule has 164 valence electrons. The van der Waals surface area contributed by atoms with E-state index < -0.39 is 15.9 Å². The van der Waals surface area contributed by atoms with Gasteiger partial charge in [0.15, 0.2) is 5.78 Å². The Kier molecular flexibility index (Phi) is 6.28. The largest absolute Gasteiger partial charge is 0.325 e. The Morgan fingerprint density at radius 2 is 1.84 bits per heavy atom. The first kappa shape index (κ1) is 22.6. The van der Waals surface area contributed by atoms with Gasteiger partial charge in [0.25, 0.3) is 0 Å². The van der Waals surface area contributed by atoms with Gasteiger partial charge in [-0.1, -0.05) is 12.1 Å². The summed E-state index contributed by atoms with van der Waals surface area (Å²) >= 11 is 0. The van der Waals surface area contributed by atoms with E-state index in [0.717, 1.165) is 9.87 Å². The Morgan fingerprint density at radius 3 is 2.48 bits per heavy atom. The molecule has 3 rings (SSSR count). The maximum atomic E-state index is 13.0. The van der Waals surface area contributed by atoms with Crippen LogP contribution >= 0.6 is 0 Å². The third-order valence-electron chi connectivity index (χ3n) is 5.23. The molecule has 0 spiro atoms. The van der Waals surface area contributed by atoms with Crippen molar-refractivity contribution >= 4 is 39.0 Å². The number of nitrogens with zero attached hydrogens (tertiary/aromatic N) is 2. The van der Waals surface area contributed by atoms with Crippen LogP contribution in [0.25, 0.3) is 0 Å². The van der Waals surface area contributed by atoms with Gasteiger partial charge >= 0.3 is 0 Å². The van der Waals surface area contributed by atoms with E-state index in [2.05, 4.69) is 5.32 Å². The molecule has 0 saturated heterocycles. The molecule has 0 radical (unpaired) electrons. The van der Waals surface area contributed by atoms with Crippen LogP contribution in [0.2, 0.25) is 0 Å². The Bertz CT molecular complexity index is 1160. The van der Waals surface area contributed by atoms with Crippen LogP contribution in [-0.2, 0) is 26.0 Å². The van der Waals surface area contributed by atoms with E-state index in [9.17, 15) is 22.8 Å². The number of ketones is 1. The SMILES string of the molecule is CC(=O)c1cccc(NC(=O)CN(C)S(=O)(=O)c2ccc3c(c2)CC(C)N3C(C)=O)c1. The molecule has 2 aromatic carbocycles. The Hall–Kier alpha value is -3.04. The lowest BCUT2D eigenvalue weighted by Crippen LogP contribution is -2.35. The van der Waals surface area contributed by atoms with Crippen LogP contribution in [0.1, 0.15) is 36.7 Å². The third-order valence-corrected chi connectivity index (χ3v) is 7.03. The number of anilines is 2. The van der Waals surface area contributed by atoms with Gasteiger partial charge in [-0.2, -0.15) is 4.31 Å². The van der Waals surface area contributed by atoms with Crippen molar-refractivity contribution in [1.29, 1.82) is 0 Å². The molecule has 0 aliphatic carbocycles. The minimum Gasteiger partial charge on any atom is -0.325 e. The van der Waals surface area contributed by atoms with Crippen LogP contribution in [0.3, 0.4) is 0 Å². The molecule has 0 fully saturated rings. The average Bonchev–Trinajstić information content (AvgIpc) is 3.02. The van der Waals surface area contributed by atoms with Crippen LogP contribution in [0, 0.1) is 0 Å². The van der Waals surface area contributed by atoms with Gasteiger partial charge in [0.05, 0.1) is 11.4 Å². The van der Waals surface area contributed by atoms with Gasteiger partial charge in [-0.05, 0) is 56.2 Å². The standard InChI is InChI=1S/C22H25N3O5S/c1-14-10-18-12-20(8-9-21(18)25(14)16(3)27)31(29,30)24(4)13-22(28)23-19-7-5-6-17(11-19)15(2)26/h5-9,11-12,14H,10,13H2,1-4H3,(H,23,28). The fraction of sp³-hybridized carbons (Fsp3) is 0.318. The summed E-state index contributed by atoms with van der Waals surface area (Å²) in [6, 6.07) is 11.0. The number of hydrogen-bond donors (Lipinski definition) is 1. The number of sulfonamides is 1. The summed E-state index contributed by atoms with van der Waals surface area (Å²) in [5, 5.41) is 2.62. The number of carbonyl (C=O) groups is 3. The van der Waals surface area contributed by atoms with Crippen molar-refractivity contribution in [3.63, 3.8) is 0 Å². The lowest BCUT2D eigenvalue weighted by atomic mass is 10.1. The number of benzene rings is 2. The van der Waals surface area contributed by atoms with E-state index in [1.807, 2.05) is 6.92 Å². The molecule has 0 bridgehead atoms. The average molecular weight is 444 g/mol. The van der Waals surface area contributed by atoms with E-state index in [1.165, 1.54) is 33.0 Å². The van der Waals surface area contributed by atoms with E-state index in [1.54, 1.807) is 35.2 Å². The second-order valence-corrected chi connectivity index (χ2v) is 9.72. The van der Waals surface area contributed by atoms with E-state index >= 15 is 0 Å². The monoisotopic (exact) mass is 443 g/mol. The summed E-state index contributed by atoms with van der Waals surface area (Å²) in [7, 11) is -2.58. The molecule has 2 amide bonds. The number of Topliss-reactive ketones (excluding diaryl/α,β-unsaturated/α-hetero) is 1. The molecule has 1 aliphatic heterocycles. The van der Waals surface area contributed by atoms with Gasteiger partial charge < -0.3 is 10.2 Å². The van der Waals surface area contributed by atoms with Crippen LogP contribution in [0.15, 0.2) is 47.4 Å². The predicted molar refractivity (Wildman–Crippen MR) is 118 cm³/mol. The van der Waals surface area contributed by atoms with Crippen LogP contribution in [0.5, 0.6) is 0 Å². The Morgan fingerprint density at radius 1 is 1.13 bits per heavy atom. The molecule has 9 heteroatoms. The van der Waals surface area contributed by atoms with Gasteiger partial charge in [-0.3, -0.25) is 14.4 Å². The fourth-order valence-electron chi connectivity index (χ4n) is 3.73. The highest BCUT2D eigenvalue weighted by Gasteiger charge is 2.31. The van der Waals surface area contributed by atoms with Crippen molar-refractivity contribution in [1.82, 2.24) is 4.31 Å². The third kappa shape index (κ3) is 4.67. The first-order chi connectivity index (χ1) is 14.5. The molecule has 8 nitrogen and oxygen atoms in total. The first-order valence-electron chi connectivity index (χ1n) is 9.80. The van der Waals surface area contributed by atoms with Crippen molar-refractivity contribution in [2.75, 3.05) is 23.8 Å². The van der Waals surface area contributed by atoms with Crippen molar-refractivity contribution < 1.29 is 22.8 Å². The van der Waals surface area contributed by atoms with E-state index in [4.69, 9.17) is 0 Å². The molecule has 31 heavy (non-hydrogen) atoms. The summed E-state index contributed by atoms with van der Waals surface area (Å²) in [6.07, 6.45) is 0.564. The number of rotatable bonds is 6. The smallest absolute Gasteiger partial charge is 0.243 e. The number of fused-ring (bicyclic) bond motifs is 1. The molecule has 1 aliphatic rings. The second kappa shape index (κ2) is 8.60. The molecule has 0 aromatic heterocycles. The van der Waals surface area contributed by atoms with Crippen molar-refractivity contribution in [2.45, 2.75) is 38.1 Å². The minimum atomic E-state index is -3.91. The number of likely N-dealkylation sites (N-methyl/N-ethyl adjacent to an activating group) is 1. The quantitative estimate of drug-likeness (QED) is 0.691. The van der Waals surface area contributed by atoms with Gasteiger partial charge in [0.1, 0.15) is 0 Å². The van der Waals surface area contributed by atoms with Crippen molar-refractivity contribution in [2.24, 2.45) is 0 Å². The molecule has 0 saturated carbocycles. The predicted octanol–water partition coefficient (Wildman–Crippen LogP) is 2.45. The molecular formula is C22H25N3O5S. The van der Waals surface area contributed by atoms with Gasteiger partial charge in [0.2, 0.25) is 21.8 Å². The molecule has 2 aromatic rings. The molecule has 1 unspecified atom stereocenters. The van der Waals surface area contributed by atoms with Gasteiger partial charge in [-0.25, -0.2) is 8.42 Å². The first-order valence-corrected chi connectivity index (χ1v) is 11.2. The summed E-state index contributed by atoms with van der Waals surface area (Å²) in [4.78, 5) is 37.5. The lowest BCUT2D eigenvalue weighted by Gasteiger charge is -2.21. The van der Waals surface area contributed by atoms with Crippen LogP contribution in [-0.4, -0.2) is 50.0 Å².